The van der Waals surface area contributed by atoms with Crippen LogP contribution >= 0.6 is 0 Å². The maximum atomic E-state index is 2.54. The monoisotopic (exact) mass is 444 g/mol. The molecule has 0 fully saturated rings. The molecule has 0 aliphatic heterocycles. The molecule has 0 nitrogen and oxygen atoms in total. The molecule has 2 aliphatic carbocycles. The molecule has 168 valence electrons. The van der Waals surface area contributed by atoms with Gasteiger partial charge < -0.3 is 0 Å². The molecule has 0 radical (unpaired) electrons. The van der Waals surface area contributed by atoms with Gasteiger partial charge in [-0.25, -0.2) is 0 Å². The Labute approximate surface area is 229 Å². The summed E-state index contributed by atoms with van der Waals surface area (Å²) in [5.41, 5.74) is 12.8. The summed E-state index contributed by atoms with van der Waals surface area (Å²) in [4.78, 5) is 0. The third-order valence-electron chi connectivity index (χ3n) is 7.70. The van der Waals surface area contributed by atoms with Crippen LogP contribution in [-0.2, 0) is 0 Å². The molecule has 0 bridgehead atoms. The normalized spacial score (nSPS) is 18.8. The molecule has 3 heteroatoms. The summed E-state index contributed by atoms with van der Waals surface area (Å²) in [6, 6.07) is 16.9. The zero-order chi connectivity index (χ0) is 22.1. The minimum atomic E-state index is -0.154. The summed E-state index contributed by atoms with van der Waals surface area (Å²) >= 11 is 0. The molecule has 0 saturated carbocycles. The Morgan fingerprint density at radius 1 is 0.667 bits per heavy atom. The molecule has 0 N–H and O–H groups in total. The van der Waals surface area contributed by atoms with Crippen LogP contribution in [0.25, 0.3) is 12.2 Å². The van der Waals surface area contributed by atoms with Gasteiger partial charge in [-0.05, 0) is 58.1 Å². The van der Waals surface area contributed by atoms with E-state index in [0.717, 1.165) is 0 Å². The van der Waals surface area contributed by atoms with E-state index < -0.39 is 0 Å². The van der Waals surface area contributed by atoms with Crippen LogP contribution in [0.3, 0.4) is 0 Å². The van der Waals surface area contributed by atoms with Gasteiger partial charge in [-0.1, -0.05) is 113 Å². The van der Waals surface area contributed by atoms with Crippen LogP contribution in [0.4, 0.5) is 0 Å². The molecule has 0 spiro atoms. The van der Waals surface area contributed by atoms with E-state index in [0.29, 0.717) is 23.7 Å². The Kier molecular flexibility index (Phi) is 10.7. The SMILES string of the molecule is CCC1=Cc2c(C(C)C)cccc2C1C[SiH2]CC1C(CC)=Cc2c(C(C)C)cccc21.[LiH].[LiH]. The Hall–Kier alpha value is -0.668. The molecular weight excluding hydrogens is 402 g/mol. The van der Waals surface area contributed by atoms with Crippen molar-refractivity contribution in [3.8, 4) is 0 Å². The van der Waals surface area contributed by atoms with Crippen LogP contribution in [0, 0.1) is 0 Å². The van der Waals surface area contributed by atoms with Gasteiger partial charge in [-0.2, -0.15) is 0 Å². The van der Waals surface area contributed by atoms with Crippen molar-refractivity contribution in [2.75, 3.05) is 0 Å². The number of fused-ring (bicyclic) bond motifs is 2. The fraction of sp³-hybridized carbons (Fsp3) is 0.467. The molecular formula is C30H42Li2Si. The molecule has 2 aliphatic rings. The van der Waals surface area contributed by atoms with Gasteiger partial charge in [0.1, 0.15) is 0 Å². The molecule has 0 heterocycles. The van der Waals surface area contributed by atoms with Gasteiger partial charge in [0.15, 0.2) is 0 Å². The predicted octanol–water partition coefficient (Wildman–Crippen LogP) is 7.12. The summed E-state index contributed by atoms with van der Waals surface area (Å²) in [5, 5.41) is 0. The van der Waals surface area contributed by atoms with Gasteiger partial charge in [-0.15, -0.1) is 0 Å². The first-order valence-corrected chi connectivity index (χ1v) is 14.6. The molecule has 33 heavy (non-hydrogen) atoms. The van der Waals surface area contributed by atoms with Crippen molar-refractivity contribution >= 4 is 59.4 Å². The Morgan fingerprint density at radius 2 is 1.06 bits per heavy atom. The topological polar surface area (TPSA) is 0 Å². The van der Waals surface area contributed by atoms with Gasteiger partial charge in [0.25, 0.3) is 0 Å². The fourth-order valence-electron chi connectivity index (χ4n) is 6.03. The number of benzene rings is 2. The van der Waals surface area contributed by atoms with E-state index >= 15 is 0 Å². The molecule has 0 amide bonds. The predicted molar refractivity (Wildman–Crippen MR) is 156 cm³/mol. The van der Waals surface area contributed by atoms with Crippen LogP contribution in [0.15, 0.2) is 47.5 Å². The second-order valence-electron chi connectivity index (χ2n) is 10.2. The number of rotatable bonds is 8. The van der Waals surface area contributed by atoms with E-state index in [4.69, 9.17) is 0 Å². The van der Waals surface area contributed by atoms with Gasteiger partial charge in [0.05, 0.1) is 0 Å². The second-order valence-corrected chi connectivity index (χ2v) is 12.1. The van der Waals surface area contributed by atoms with Gasteiger partial charge >= 0.3 is 37.7 Å². The van der Waals surface area contributed by atoms with Crippen LogP contribution in [0.2, 0.25) is 12.1 Å². The van der Waals surface area contributed by atoms with Crippen molar-refractivity contribution in [3.63, 3.8) is 0 Å². The van der Waals surface area contributed by atoms with Gasteiger partial charge in [0, 0.05) is 21.4 Å². The van der Waals surface area contributed by atoms with Gasteiger partial charge in [-0.3, -0.25) is 0 Å². The summed E-state index contributed by atoms with van der Waals surface area (Å²) < 4.78 is 0. The molecule has 2 unspecified atom stereocenters. The Balaban J connectivity index is 0.00000193. The van der Waals surface area contributed by atoms with E-state index in [-0.39, 0.29) is 47.2 Å². The first-order chi connectivity index (χ1) is 15.0. The van der Waals surface area contributed by atoms with Crippen LogP contribution in [-0.4, -0.2) is 47.2 Å². The molecule has 2 aromatic rings. The zero-order valence-corrected chi connectivity index (χ0v) is 21.9. The van der Waals surface area contributed by atoms with E-state index in [1.807, 2.05) is 0 Å². The van der Waals surface area contributed by atoms with Crippen molar-refractivity contribution in [1.82, 2.24) is 0 Å². The summed E-state index contributed by atoms with van der Waals surface area (Å²) in [7, 11) is -0.154. The average molecular weight is 445 g/mol. The van der Waals surface area contributed by atoms with E-state index in [2.05, 4.69) is 90.1 Å². The van der Waals surface area contributed by atoms with Crippen LogP contribution < -0.4 is 0 Å². The number of hydrogen-bond donors (Lipinski definition) is 0. The first-order valence-electron chi connectivity index (χ1n) is 12.6. The Morgan fingerprint density at radius 3 is 1.39 bits per heavy atom. The van der Waals surface area contributed by atoms with Crippen molar-refractivity contribution in [1.29, 1.82) is 0 Å². The van der Waals surface area contributed by atoms with E-state index in [1.54, 1.807) is 33.4 Å². The first kappa shape index (κ1) is 28.6. The van der Waals surface area contributed by atoms with E-state index in [9.17, 15) is 0 Å². The van der Waals surface area contributed by atoms with Crippen LogP contribution in [0.1, 0.15) is 111 Å². The quantitative estimate of drug-likeness (QED) is 0.380. The third kappa shape index (κ3) is 5.61. The van der Waals surface area contributed by atoms with Crippen molar-refractivity contribution in [2.45, 2.75) is 90.1 Å². The Bertz CT molecular complexity index is 934. The maximum absolute atomic E-state index is 2.54. The second kappa shape index (κ2) is 12.3. The standard InChI is InChI=1S/C30H40Si.2Li.2H/c1-7-21-15-27-23(19(3)4)11-9-13-25(27)29(21)17-31-18-30-22(8-2)16-28-24(20(5)6)12-10-14-26(28)30;;;;/h9-16,19-20,29-30H,7-8,17-18,31H2,1-6H3;;;;. The van der Waals surface area contributed by atoms with Crippen molar-refractivity contribution in [3.05, 3.63) is 80.9 Å². The molecule has 0 aromatic heterocycles. The van der Waals surface area contributed by atoms with Crippen molar-refractivity contribution < 1.29 is 0 Å². The molecule has 4 rings (SSSR count). The third-order valence-corrected chi connectivity index (χ3v) is 9.67. The molecule has 2 aromatic carbocycles. The number of hydrogen-bond acceptors (Lipinski definition) is 0. The van der Waals surface area contributed by atoms with E-state index in [1.165, 1.54) is 36.1 Å². The average Bonchev–Trinajstić information content (AvgIpc) is 3.31. The molecule has 0 saturated heterocycles. The number of allylic oxidation sites excluding steroid dienone is 2. The van der Waals surface area contributed by atoms with Crippen LogP contribution in [0.5, 0.6) is 0 Å². The van der Waals surface area contributed by atoms with Gasteiger partial charge in [0.2, 0.25) is 0 Å². The molecule has 2 atom stereocenters. The zero-order valence-electron chi connectivity index (χ0n) is 20.5. The minimum absolute atomic E-state index is 0. The van der Waals surface area contributed by atoms with Crippen molar-refractivity contribution in [2.24, 2.45) is 0 Å². The summed E-state index contributed by atoms with van der Waals surface area (Å²) in [6.45, 7) is 14.0. The summed E-state index contributed by atoms with van der Waals surface area (Å²) in [5.74, 6) is 2.56. The fourth-order valence-corrected chi connectivity index (χ4v) is 8.44. The summed E-state index contributed by atoms with van der Waals surface area (Å²) in [6.07, 6.45) is 7.46.